The number of nitrogens with zero attached hydrogens (tertiary/aromatic N) is 2. The number of amides is 1. The van der Waals surface area contributed by atoms with Crippen molar-refractivity contribution in [1.82, 2.24) is 4.90 Å². The Balaban J connectivity index is 2.15. The number of hydrogen-bond donors (Lipinski definition) is 1. The molecule has 0 fully saturated rings. The Morgan fingerprint density at radius 1 is 1.26 bits per heavy atom. The van der Waals surface area contributed by atoms with Gasteiger partial charge >= 0.3 is 0 Å². The second-order valence-electron chi connectivity index (χ2n) is 5.04. The van der Waals surface area contributed by atoms with E-state index in [0.29, 0.717) is 6.54 Å². The zero-order valence-corrected chi connectivity index (χ0v) is 13.7. The van der Waals surface area contributed by atoms with Crippen LogP contribution in [0.1, 0.15) is 15.9 Å². The fourth-order valence-corrected chi connectivity index (χ4v) is 2.54. The van der Waals surface area contributed by atoms with Gasteiger partial charge in [0.2, 0.25) is 0 Å². The quantitative estimate of drug-likeness (QED) is 0.393. The van der Waals surface area contributed by atoms with E-state index in [1.54, 1.807) is 18.8 Å². The molecule has 6 nitrogen and oxygen atoms in total. The van der Waals surface area contributed by atoms with Crippen molar-refractivity contribution >= 4 is 29.0 Å². The summed E-state index contributed by atoms with van der Waals surface area (Å²) in [6.07, 6.45) is 2.00. The van der Waals surface area contributed by atoms with E-state index in [-0.39, 0.29) is 22.8 Å². The smallest absolute Gasteiger partial charge is 0.292 e. The molecule has 120 valence electrons. The van der Waals surface area contributed by atoms with Gasteiger partial charge in [-0.1, -0.05) is 12.1 Å². The molecule has 2 aromatic rings. The molecule has 0 spiro atoms. The van der Waals surface area contributed by atoms with Crippen LogP contribution in [-0.4, -0.2) is 29.0 Å². The molecule has 2 N–H and O–H groups in total. The van der Waals surface area contributed by atoms with Crippen LogP contribution < -0.4 is 5.73 Å². The van der Waals surface area contributed by atoms with Gasteiger partial charge in [-0.3, -0.25) is 14.9 Å². The number of nitrogens with two attached hydrogens (primary N) is 1. The predicted molar refractivity (Wildman–Crippen MR) is 91.5 cm³/mol. The summed E-state index contributed by atoms with van der Waals surface area (Å²) in [5.74, 6) is -0.290. The maximum atomic E-state index is 12.4. The summed E-state index contributed by atoms with van der Waals surface area (Å²) < 4.78 is 0. The lowest BCUT2D eigenvalue weighted by molar-refractivity contribution is -0.383. The van der Waals surface area contributed by atoms with Crippen molar-refractivity contribution in [2.45, 2.75) is 11.4 Å². The molecule has 0 aromatic heterocycles. The maximum absolute atomic E-state index is 12.4. The molecule has 0 aliphatic carbocycles. The Labute approximate surface area is 138 Å². The number of nitro benzene ring substituents is 1. The molecule has 1 amide bonds. The largest absolute Gasteiger partial charge is 0.393 e. The third-order valence-corrected chi connectivity index (χ3v) is 4.14. The maximum Gasteiger partial charge on any atom is 0.292 e. The van der Waals surface area contributed by atoms with Crippen LogP contribution in [0.3, 0.4) is 0 Å². The monoisotopic (exact) mass is 331 g/mol. The topological polar surface area (TPSA) is 89.5 Å². The van der Waals surface area contributed by atoms with Crippen molar-refractivity contribution in [2.75, 3.05) is 19.0 Å². The van der Waals surface area contributed by atoms with E-state index in [1.165, 1.54) is 23.1 Å². The molecule has 2 aromatic carbocycles. The second kappa shape index (κ2) is 7.15. The van der Waals surface area contributed by atoms with Gasteiger partial charge in [-0.2, -0.15) is 0 Å². The summed E-state index contributed by atoms with van der Waals surface area (Å²) in [4.78, 5) is 25.4. The molecule has 0 saturated heterocycles. The van der Waals surface area contributed by atoms with Crippen molar-refractivity contribution in [2.24, 2.45) is 0 Å². The summed E-state index contributed by atoms with van der Waals surface area (Å²) in [6, 6.07) is 12.0. The Kier molecular flexibility index (Phi) is 5.23. The summed E-state index contributed by atoms with van der Waals surface area (Å²) in [5.41, 5.74) is 6.57. The van der Waals surface area contributed by atoms with Crippen LogP contribution in [0, 0.1) is 10.1 Å². The van der Waals surface area contributed by atoms with Crippen LogP contribution in [0.2, 0.25) is 0 Å². The molecule has 0 heterocycles. The van der Waals surface area contributed by atoms with Crippen molar-refractivity contribution in [3.05, 3.63) is 63.7 Å². The number of benzene rings is 2. The number of carbonyl (C=O) groups is 1. The van der Waals surface area contributed by atoms with Gasteiger partial charge in [0.1, 0.15) is 5.69 Å². The number of thioether (sulfide) groups is 1. The van der Waals surface area contributed by atoms with E-state index in [9.17, 15) is 14.9 Å². The molecule has 0 atom stereocenters. The highest BCUT2D eigenvalue weighted by atomic mass is 32.2. The molecule has 0 aliphatic rings. The minimum Gasteiger partial charge on any atom is -0.393 e. The summed E-state index contributed by atoms with van der Waals surface area (Å²) in [6.45, 7) is 0.422. The lowest BCUT2D eigenvalue weighted by atomic mass is 10.1. The normalized spacial score (nSPS) is 10.3. The van der Waals surface area contributed by atoms with Crippen molar-refractivity contribution in [1.29, 1.82) is 0 Å². The van der Waals surface area contributed by atoms with E-state index in [2.05, 4.69) is 0 Å². The fraction of sp³-hybridized carbons (Fsp3) is 0.188. The summed E-state index contributed by atoms with van der Waals surface area (Å²) in [5, 5.41) is 10.9. The predicted octanol–water partition coefficient (Wildman–Crippen LogP) is 3.17. The number of anilines is 1. The highest BCUT2D eigenvalue weighted by Gasteiger charge is 2.18. The van der Waals surface area contributed by atoms with Crippen LogP contribution in [-0.2, 0) is 6.54 Å². The Hall–Kier alpha value is -2.54. The van der Waals surface area contributed by atoms with E-state index in [4.69, 9.17) is 5.73 Å². The first-order chi connectivity index (χ1) is 10.9. The zero-order valence-electron chi connectivity index (χ0n) is 12.9. The number of carbonyl (C=O) groups excluding carboxylic acids is 1. The summed E-state index contributed by atoms with van der Waals surface area (Å²) >= 11 is 1.65. The van der Waals surface area contributed by atoms with Gasteiger partial charge in [-0.05, 0) is 36.1 Å². The highest BCUT2D eigenvalue weighted by Crippen LogP contribution is 2.23. The molecule has 0 saturated carbocycles. The van der Waals surface area contributed by atoms with Gasteiger partial charge in [-0.15, -0.1) is 11.8 Å². The summed E-state index contributed by atoms with van der Waals surface area (Å²) in [7, 11) is 1.66. The number of nitrogen functional groups attached to an aromatic ring is 1. The van der Waals surface area contributed by atoms with Crippen molar-refractivity contribution < 1.29 is 9.72 Å². The second-order valence-corrected chi connectivity index (χ2v) is 5.92. The molecular formula is C16H17N3O3S. The van der Waals surface area contributed by atoms with Gasteiger partial charge < -0.3 is 10.6 Å². The third-order valence-electron chi connectivity index (χ3n) is 3.40. The number of nitro groups is 1. The van der Waals surface area contributed by atoms with E-state index < -0.39 is 4.92 Å². The first-order valence-corrected chi connectivity index (χ1v) is 8.07. The Morgan fingerprint density at radius 2 is 1.91 bits per heavy atom. The lowest BCUT2D eigenvalue weighted by Gasteiger charge is -2.17. The number of rotatable bonds is 5. The Morgan fingerprint density at radius 3 is 2.48 bits per heavy atom. The van der Waals surface area contributed by atoms with Crippen LogP contribution in [0.4, 0.5) is 11.4 Å². The highest BCUT2D eigenvalue weighted by molar-refractivity contribution is 7.98. The molecule has 0 unspecified atom stereocenters. The van der Waals surface area contributed by atoms with Gasteiger partial charge in [0.25, 0.3) is 11.6 Å². The SMILES string of the molecule is CSc1ccc(CN(C)C(=O)c2ccc(N)c([N+](=O)[O-])c2)cc1. The van der Waals surface area contributed by atoms with Crippen molar-refractivity contribution in [3.8, 4) is 0 Å². The van der Waals surface area contributed by atoms with Gasteiger partial charge in [0, 0.05) is 30.1 Å². The van der Waals surface area contributed by atoms with Gasteiger partial charge in [-0.25, -0.2) is 0 Å². The fourth-order valence-electron chi connectivity index (χ4n) is 2.13. The van der Waals surface area contributed by atoms with E-state index in [0.717, 1.165) is 10.5 Å². The Bertz CT molecular complexity index is 732. The van der Waals surface area contributed by atoms with Crippen LogP contribution in [0.5, 0.6) is 0 Å². The van der Waals surface area contributed by atoms with E-state index >= 15 is 0 Å². The first-order valence-electron chi connectivity index (χ1n) is 6.84. The van der Waals surface area contributed by atoms with E-state index in [1.807, 2.05) is 30.5 Å². The molecule has 0 bridgehead atoms. The standard InChI is InChI=1S/C16H17N3O3S/c1-18(10-11-3-6-13(23-2)7-4-11)16(20)12-5-8-14(17)15(9-12)19(21)22/h3-9H,10,17H2,1-2H3. The molecule has 2 rings (SSSR count). The lowest BCUT2D eigenvalue weighted by Crippen LogP contribution is -2.26. The minimum absolute atomic E-state index is 0.0434. The number of hydrogen-bond acceptors (Lipinski definition) is 5. The van der Waals surface area contributed by atoms with Crippen molar-refractivity contribution in [3.63, 3.8) is 0 Å². The average molecular weight is 331 g/mol. The molecule has 0 radical (unpaired) electrons. The van der Waals surface area contributed by atoms with Gasteiger partial charge in [0.15, 0.2) is 0 Å². The minimum atomic E-state index is -0.590. The van der Waals surface area contributed by atoms with Crippen LogP contribution in [0.15, 0.2) is 47.4 Å². The first kappa shape index (κ1) is 16.8. The zero-order chi connectivity index (χ0) is 17.0. The van der Waals surface area contributed by atoms with Crippen LogP contribution >= 0.6 is 11.8 Å². The molecule has 7 heteroatoms. The third kappa shape index (κ3) is 4.01. The molecule has 23 heavy (non-hydrogen) atoms. The molecule has 0 aliphatic heterocycles. The molecular weight excluding hydrogens is 314 g/mol. The average Bonchev–Trinajstić information content (AvgIpc) is 2.55. The van der Waals surface area contributed by atoms with Gasteiger partial charge in [0.05, 0.1) is 4.92 Å². The van der Waals surface area contributed by atoms with Crippen LogP contribution in [0.25, 0.3) is 0 Å².